The first-order valence-electron chi connectivity index (χ1n) is 4.36. The third-order valence-corrected chi connectivity index (χ3v) is 2.96. The summed E-state index contributed by atoms with van der Waals surface area (Å²) in [6, 6.07) is 0. The van der Waals surface area contributed by atoms with E-state index in [1.165, 1.54) is 0 Å². The lowest BCUT2D eigenvalue weighted by molar-refractivity contribution is 0.0644. The van der Waals surface area contributed by atoms with Crippen LogP contribution in [0, 0.1) is 5.92 Å². The molecule has 0 radical (unpaired) electrons. The van der Waals surface area contributed by atoms with E-state index < -0.39 is 0 Å². The highest BCUT2D eigenvalue weighted by molar-refractivity contribution is 7.11. The lowest BCUT2D eigenvalue weighted by atomic mass is 10.1. The van der Waals surface area contributed by atoms with Crippen LogP contribution in [-0.2, 0) is 11.3 Å². The molecule has 3 nitrogen and oxygen atoms in total. The molecule has 0 spiro atoms. The van der Waals surface area contributed by atoms with Gasteiger partial charge in [-0.2, -0.15) is 0 Å². The predicted octanol–water partition coefficient (Wildman–Crippen LogP) is 1.95. The van der Waals surface area contributed by atoms with Crippen LogP contribution in [0.25, 0.3) is 0 Å². The molecule has 1 rings (SSSR count). The Labute approximate surface area is 82.9 Å². The molecule has 4 heteroatoms. The molecule has 1 aromatic heterocycles. The zero-order valence-electron chi connectivity index (χ0n) is 8.28. The molecule has 1 unspecified atom stereocenters. The number of hydrogen-bond donors (Lipinski definition) is 1. The fourth-order valence-corrected chi connectivity index (χ4v) is 2.25. The van der Waals surface area contributed by atoms with Crippen LogP contribution < -0.4 is 5.73 Å². The second kappa shape index (κ2) is 4.69. The normalized spacial score (nSPS) is 13.6. The monoisotopic (exact) mass is 200 g/mol. The van der Waals surface area contributed by atoms with Crippen LogP contribution in [-0.4, -0.2) is 12.1 Å². The van der Waals surface area contributed by atoms with Gasteiger partial charge < -0.3 is 10.5 Å². The lowest BCUT2D eigenvalue weighted by Crippen LogP contribution is -2.08. The fourth-order valence-electron chi connectivity index (χ4n) is 1.21. The molecule has 0 saturated carbocycles. The highest BCUT2D eigenvalue weighted by atomic mass is 32.1. The Balaban J connectivity index is 2.79. The van der Waals surface area contributed by atoms with Gasteiger partial charge in [0.05, 0.1) is 0 Å². The van der Waals surface area contributed by atoms with Gasteiger partial charge in [-0.25, -0.2) is 4.98 Å². The largest absolute Gasteiger partial charge is 0.374 e. The molecule has 1 aromatic rings. The van der Waals surface area contributed by atoms with Crippen molar-refractivity contribution < 1.29 is 4.74 Å². The van der Waals surface area contributed by atoms with Crippen molar-refractivity contribution in [3.63, 3.8) is 0 Å². The lowest BCUT2D eigenvalue weighted by Gasteiger charge is -2.15. The number of thiazole rings is 1. The standard InChI is InChI=1S/C9H16N2OS/c1-6(2)8(12-3)9-11-5-7(4-10)13-9/h5-6,8H,4,10H2,1-3H3. The Bertz CT molecular complexity index is 260. The van der Waals surface area contributed by atoms with E-state index in [1.54, 1.807) is 18.4 Å². The van der Waals surface area contributed by atoms with Gasteiger partial charge in [0.2, 0.25) is 0 Å². The van der Waals surface area contributed by atoms with Gasteiger partial charge in [-0.1, -0.05) is 13.8 Å². The molecule has 0 bridgehead atoms. The number of aromatic nitrogens is 1. The molecule has 1 heterocycles. The van der Waals surface area contributed by atoms with Crippen molar-refractivity contribution >= 4 is 11.3 Å². The minimum absolute atomic E-state index is 0.102. The van der Waals surface area contributed by atoms with Gasteiger partial charge in [0, 0.05) is 24.7 Å². The molecule has 0 amide bonds. The Morgan fingerprint density at radius 2 is 2.31 bits per heavy atom. The Morgan fingerprint density at radius 1 is 1.62 bits per heavy atom. The van der Waals surface area contributed by atoms with Crippen molar-refractivity contribution in [2.75, 3.05) is 7.11 Å². The minimum Gasteiger partial charge on any atom is -0.374 e. The van der Waals surface area contributed by atoms with Gasteiger partial charge in [0.1, 0.15) is 11.1 Å². The van der Waals surface area contributed by atoms with Gasteiger partial charge in [0.15, 0.2) is 0 Å². The topological polar surface area (TPSA) is 48.1 Å². The number of nitrogens with two attached hydrogens (primary N) is 1. The molecule has 0 aromatic carbocycles. The highest BCUT2D eigenvalue weighted by Crippen LogP contribution is 2.28. The summed E-state index contributed by atoms with van der Waals surface area (Å²) in [4.78, 5) is 5.40. The maximum Gasteiger partial charge on any atom is 0.122 e. The maximum absolute atomic E-state index is 5.51. The SMILES string of the molecule is COC(c1ncc(CN)s1)C(C)C. The Morgan fingerprint density at radius 3 is 2.69 bits per heavy atom. The average Bonchev–Trinajstić information content (AvgIpc) is 2.53. The fraction of sp³-hybridized carbons (Fsp3) is 0.667. The summed E-state index contributed by atoms with van der Waals surface area (Å²) in [5, 5.41) is 1.03. The van der Waals surface area contributed by atoms with E-state index in [0.717, 1.165) is 9.88 Å². The summed E-state index contributed by atoms with van der Waals surface area (Å²) in [6.45, 7) is 4.81. The number of methoxy groups -OCH3 is 1. The van der Waals surface area contributed by atoms with Gasteiger partial charge in [0.25, 0.3) is 0 Å². The number of hydrogen-bond acceptors (Lipinski definition) is 4. The molecule has 0 aliphatic rings. The highest BCUT2D eigenvalue weighted by Gasteiger charge is 2.18. The van der Waals surface area contributed by atoms with E-state index in [0.29, 0.717) is 12.5 Å². The number of nitrogens with zero attached hydrogens (tertiary/aromatic N) is 1. The maximum atomic E-state index is 5.51. The average molecular weight is 200 g/mol. The molecule has 0 aliphatic carbocycles. The van der Waals surface area contributed by atoms with Gasteiger partial charge in [-0.3, -0.25) is 0 Å². The molecule has 0 fully saturated rings. The molecule has 2 N–H and O–H groups in total. The molecule has 0 saturated heterocycles. The number of rotatable bonds is 4. The van der Waals surface area contributed by atoms with Gasteiger partial charge >= 0.3 is 0 Å². The molecule has 0 aliphatic heterocycles. The van der Waals surface area contributed by atoms with Crippen molar-refractivity contribution in [3.05, 3.63) is 16.1 Å². The van der Waals surface area contributed by atoms with Crippen molar-refractivity contribution in [2.24, 2.45) is 11.7 Å². The summed E-state index contributed by atoms with van der Waals surface area (Å²) in [5.74, 6) is 0.446. The smallest absolute Gasteiger partial charge is 0.122 e. The second-order valence-electron chi connectivity index (χ2n) is 3.27. The first kappa shape index (κ1) is 10.6. The van der Waals surface area contributed by atoms with E-state index in [4.69, 9.17) is 10.5 Å². The molecule has 13 heavy (non-hydrogen) atoms. The summed E-state index contributed by atoms with van der Waals surface area (Å²) < 4.78 is 5.36. The quantitative estimate of drug-likeness (QED) is 0.808. The van der Waals surface area contributed by atoms with E-state index in [2.05, 4.69) is 18.8 Å². The van der Waals surface area contributed by atoms with Crippen LogP contribution in [0.1, 0.15) is 29.8 Å². The van der Waals surface area contributed by atoms with Crippen molar-refractivity contribution in [1.29, 1.82) is 0 Å². The van der Waals surface area contributed by atoms with Crippen LogP contribution in [0.4, 0.5) is 0 Å². The van der Waals surface area contributed by atoms with Crippen LogP contribution >= 0.6 is 11.3 Å². The Hall–Kier alpha value is -0.450. The van der Waals surface area contributed by atoms with Gasteiger partial charge in [-0.15, -0.1) is 11.3 Å². The van der Waals surface area contributed by atoms with Gasteiger partial charge in [-0.05, 0) is 5.92 Å². The zero-order chi connectivity index (χ0) is 9.84. The first-order valence-corrected chi connectivity index (χ1v) is 5.18. The zero-order valence-corrected chi connectivity index (χ0v) is 9.10. The van der Waals surface area contributed by atoms with Crippen molar-refractivity contribution in [2.45, 2.75) is 26.5 Å². The molecule has 74 valence electrons. The van der Waals surface area contributed by atoms with E-state index >= 15 is 0 Å². The van der Waals surface area contributed by atoms with Crippen LogP contribution in [0.15, 0.2) is 6.20 Å². The van der Waals surface area contributed by atoms with E-state index in [1.807, 2.05) is 6.20 Å². The van der Waals surface area contributed by atoms with Crippen LogP contribution in [0.2, 0.25) is 0 Å². The second-order valence-corrected chi connectivity index (χ2v) is 4.42. The third-order valence-electron chi connectivity index (χ3n) is 1.88. The summed E-state index contributed by atoms with van der Waals surface area (Å²) in [6.07, 6.45) is 1.93. The van der Waals surface area contributed by atoms with Crippen LogP contribution in [0.3, 0.4) is 0 Å². The van der Waals surface area contributed by atoms with Crippen LogP contribution in [0.5, 0.6) is 0 Å². The summed E-state index contributed by atoms with van der Waals surface area (Å²) in [7, 11) is 1.72. The molecular formula is C9H16N2OS. The Kier molecular flexibility index (Phi) is 3.84. The predicted molar refractivity (Wildman–Crippen MR) is 54.6 cm³/mol. The summed E-state index contributed by atoms with van der Waals surface area (Å²) in [5.41, 5.74) is 5.51. The number of ether oxygens (including phenoxy) is 1. The third kappa shape index (κ3) is 2.49. The van der Waals surface area contributed by atoms with E-state index in [-0.39, 0.29) is 6.10 Å². The molecule has 1 atom stereocenters. The minimum atomic E-state index is 0.102. The van der Waals surface area contributed by atoms with Crippen molar-refractivity contribution in [1.82, 2.24) is 4.98 Å². The van der Waals surface area contributed by atoms with E-state index in [9.17, 15) is 0 Å². The summed E-state index contributed by atoms with van der Waals surface area (Å²) >= 11 is 1.63. The molecular weight excluding hydrogens is 184 g/mol. The first-order chi connectivity index (χ1) is 6.19. The van der Waals surface area contributed by atoms with Crippen molar-refractivity contribution in [3.8, 4) is 0 Å².